The number of thioether (sulfide) groups is 1. The molecular weight excluding hydrogens is 428 g/mol. The zero-order valence-corrected chi connectivity index (χ0v) is 19.7. The first kappa shape index (κ1) is 23.1. The minimum absolute atomic E-state index is 0.116. The summed E-state index contributed by atoms with van der Waals surface area (Å²) < 4.78 is 4.94. The number of carbonyl (C=O) groups excluding carboxylic acids is 3. The summed E-state index contributed by atoms with van der Waals surface area (Å²) in [5.74, 6) is -2.04. The Morgan fingerprint density at radius 3 is 2.53 bits per heavy atom. The first-order valence-electron chi connectivity index (χ1n) is 11.4. The molecule has 2 amide bonds. The van der Waals surface area contributed by atoms with E-state index in [1.807, 2.05) is 44.2 Å². The second-order valence-corrected chi connectivity index (χ2v) is 11.3. The van der Waals surface area contributed by atoms with Crippen molar-refractivity contribution in [1.29, 1.82) is 0 Å². The van der Waals surface area contributed by atoms with Crippen molar-refractivity contribution in [2.45, 2.75) is 80.9 Å². The van der Waals surface area contributed by atoms with Crippen molar-refractivity contribution in [3.05, 3.63) is 35.9 Å². The summed E-state index contributed by atoms with van der Waals surface area (Å²) in [5, 5.41) is 10.4. The van der Waals surface area contributed by atoms with Crippen molar-refractivity contribution in [1.82, 2.24) is 9.80 Å². The topological polar surface area (TPSA) is 87.2 Å². The molecule has 0 spiro atoms. The van der Waals surface area contributed by atoms with Crippen LogP contribution in [-0.4, -0.2) is 68.0 Å². The lowest BCUT2D eigenvalue weighted by Crippen LogP contribution is -2.67. The number of β-lactam (4-membered cyclic amide) rings is 1. The van der Waals surface area contributed by atoms with Crippen LogP contribution in [0, 0.1) is 5.92 Å². The van der Waals surface area contributed by atoms with Crippen LogP contribution in [0.4, 0.5) is 0 Å². The Labute approximate surface area is 193 Å². The van der Waals surface area contributed by atoms with E-state index in [9.17, 15) is 19.5 Å². The van der Waals surface area contributed by atoms with E-state index in [-0.39, 0.29) is 18.6 Å². The summed E-state index contributed by atoms with van der Waals surface area (Å²) in [5.41, 5.74) is 0.875. The Hall–Kier alpha value is -2.06. The van der Waals surface area contributed by atoms with Crippen LogP contribution in [0.2, 0.25) is 0 Å². The molecule has 2 saturated heterocycles. The van der Waals surface area contributed by atoms with E-state index in [0.29, 0.717) is 0 Å². The third-order valence-electron chi connectivity index (χ3n) is 6.99. The van der Waals surface area contributed by atoms with Crippen molar-refractivity contribution in [2.24, 2.45) is 5.92 Å². The van der Waals surface area contributed by atoms with Crippen LogP contribution in [0.5, 0.6) is 0 Å². The van der Waals surface area contributed by atoms with Crippen LogP contribution in [0.15, 0.2) is 30.3 Å². The Balaban J connectivity index is 1.42. The molecule has 2 aliphatic heterocycles. The third-order valence-corrected chi connectivity index (χ3v) is 8.59. The summed E-state index contributed by atoms with van der Waals surface area (Å²) in [6, 6.07) is 8.76. The van der Waals surface area contributed by atoms with Gasteiger partial charge in [-0.1, -0.05) is 49.6 Å². The number of aliphatic hydroxyl groups is 1. The molecule has 1 aromatic carbocycles. The highest BCUT2D eigenvalue weighted by Crippen LogP contribution is 2.54. The number of amides is 2. The van der Waals surface area contributed by atoms with Gasteiger partial charge in [0.05, 0.1) is 5.37 Å². The molecule has 4 rings (SSSR count). The van der Waals surface area contributed by atoms with Gasteiger partial charge < -0.3 is 19.6 Å². The van der Waals surface area contributed by atoms with Gasteiger partial charge in [0.1, 0.15) is 24.7 Å². The lowest BCUT2D eigenvalue weighted by molar-refractivity contribution is -0.175. The summed E-state index contributed by atoms with van der Waals surface area (Å²) in [6.07, 6.45) is 3.80. The maximum Gasteiger partial charge on any atom is 0.330 e. The second-order valence-electron chi connectivity index (χ2n) is 9.56. The molecule has 32 heavy (non-hydrogen) atoms. The van der Waals surface area contributed by atoms with E-state index in [4.69, 9.17) is 4.74 Å². The van der Waals surface area contributed by atoms with Gasteiger partial charge in [0, 0.05) is 17.8 Å². The minimum Gasteiger partial charge on any atom is -0.459 e. The number of esters is 1. The predicted octanol–water partition coefficient (Wildman–Crippen LogP) is 2.56. The van der Waals surface area contributed by atoms with E-state index in [1.165, 1.54) is 23.1 Å². The van der Waals surface area contributed by atoms with Gasteiger partial charge in [-0.25, -0.2) is 4.79 Å². The summed E-state index contributed by atoms with van der Waals surface area (Å²) in [6.45, 7) is 3.94. The molecule has 8 heteroatoms. The zero-order chi connectivity index (χ0) is 23.0. The number of ether oxygens (including phenoxy) is 1. The van der Waals surface area contributed by atoms with Gasteiger partial charge >= 0.3 is 5.97 Å². The van der Waals surface area contributed by atoms with Crippen LogP contribution in [0.25, 0.3) is 0 Å². The number of benzene rings is 1. The van der Waals surface area contributed by atoms with Gasteiger partial charge in [-0.2, -0.15) is 0 Å². The Morgan fingerprint density at radius 1 is 1.22 bits per heavy atom. The normalized spacial score (nSPS) is 27.9. The SMILES string of the molecule is CN(C(=O)[C@@H](O)[C@@H]1C(=O)N2[C@@H]1SC(C)(C)[C@@H]2C(=O)OCc1ccccc1)C1CCCCC1. The smallest absolute Gasteiger partial charge is 0.330 e. The Morgan fingerprint density at radius 2 is 1.88 bits per heavy atom. The van der Waals surface area contributed by atoms with Crippen LogP contribution in [0.1, 0.15) is 51.5 Å². The molecule has 4 atom stereocenters. The standard InChI is InChI=1S/C24H32N2O5S/c1-24(2)19(23(30)31-14-15-10-6-4-7-11-15)26-20(28)17(22(26)32-24)18(27)21(29)25(3)16-12-8-5-9-13-16/h4,6-7,10-11,16-19,22,27H,5,8-9,12-14H2,1-3H3/t17-,18+,19+,22-/m1/s1. The van der Waals surface area contributed by atoms with Crippen molar-refractivity contribution >= 4 is 29.5 Å². The fourth-order valence-electron chi connectivity index (χ4n) is 5.13. The van der Waals surface area contributed by atoms with E-state index in [2.05, 4.69) is 0 Å². The van der Waals surface area contributed by atoms with Gasteiger partial charge in [0.15, 0.2) is 0 Å². The maximum absolute atomic E-state index is 13.0. The fourth-order valence-corrected chi connectivity index (χ4v) is 6.84. The van der Waals surface area contributed by atoms with Crippen molar-refractivity contribution < 1.29 is 24.2 Å². The van der Waals surface area contributed by atoms with Gasteiger partial charge in [-0.3, -0.25) is 9.59 Å². The van der Waals surface area contributed by atoms with Crippen LogP contribution >= 0.6 is 11.8 Å². The van der Waals surface area contributed by atoms with Gasteiger partial charge in [0.2, 0.25) is 5.91 Å². The second kappa shape index (κ2) is 9.06. The monoisotopic (exact) mass is 460 g/mol. The van der Waals surface area contributed by atoms with E-state index in [0.717, 1.165) is 31.2 Å². The number of likely N-dealkylation sites (N-methyl/N-ethyl adjacent to an activating group) is 1. The quantitative estimate of drug-likeness (QED) is 0.519. The molecule has 0 radical (unpaired) electrons. The number of nitrogens with zero attached hydrogens (tertiary/aromatic N) is 2. The molecule has 1 N–H and O–H groups in total. The predicted molar refractivity (Wildman–Crippen MR) is 121 cm³/mol. The summed E-state index contributed by atoms with van der Waals surface area (Å²) in [7, 11) is 1.72. The highest BCUT2D eigenvalue weighted by Gasteiger charge is 2.66. The number of fused-ring (bicyclic) bond motifs is 1. The van der Waals surface area contributed by atoms with Gasteiger partial charge in [-0.05, 0) is 32.3 Å². The molecule has 0 bridgehead atoms. The molecule has 0 unspecified atom stereocenters. The molecule has 7 nitrogen and oxygen atoms in total. The molecule has 3 aliphatic rings. The Kier molecular flexibility index (Phi) is 6.54. The largest absolute Gasteiger partial charge is 0.459 e. The van der Waals surface area contributed by atoms with Gasteiger partial charge in [-0.15, -0.1) is 11.8 Å². The molecular formula is C24H32N2O5S. The van der Waals surface area contributed by atoms with Crippen LogP contribution in [0.3, 0.4) is 0 Å². The first-order chi connectivity index (χ1) is 15.2. The highest BCUT2D eigenvalue weighted by atomic mass is 32.2. The molecule has 3 fully saturated rings. The van der Waals surface area contributed by atoms with E-state index >= 15 is 0 Å². The highest BCUT2D eigenvalue weighted by molar-refractivity contribution is 8.01. The number of hydrogen-bond acceptors (Lipinski definition) is 6. The lowest BCUT2D eigenvalue weighted by Gasteiger charge is -2.46. The average molecular weight is 461 g/mol. The maximum atomic E-state index is 13.0. The van der Waals surface area contributed by atoms with Crippen molar-refractivity contribution in [3.63, 3.8) is 0 Å². The van der Waals surface area contributed by atoms with Gasteiger partial charge in [0.25, 0.3) is 5.91 Å². The van der Waals surface area contributed by atoms with E-state index in [1.54, 1.807) is 11.9 Å². The van der Waals surface area contributed by atoms with Crippen molar-refractivity contribution in [3.8, 4) is 0 Å². The summed E-state index contributed by atoms with van der Waals surface area (Å²) >= 11 is 1.45. The molecule has 2 heterocycles. The molecule has 1 aliphatic carbocycles. The Bertz CT molecular complexity index is 870. The molecule has 1 saturated carbocycles. The van der Waals surface area contributed by atoms with Crippen LogP contribution in [-0.2, 0) is 25.7 Å². The van der Waals surface area contributed by atoms with Crippen LogP contribution < -0.4 is 0 Å². The molecule has 0 aromatic heterocycles. The molecule has 174 valence electrons. The number of rotatable bonds is 6. The number of carbonyl (C=O) groups is 3. The number of hydrogen-bond donors (Lipinski definition) is 1. The lowest BCUT2D eigenvalue weighted by atomic mass is 9.86. The zero-order valence-electron chi connectivity index (χ0n) is 18.9. The molecule has 1 aromatic rings. The van der Waals surface area contributed by atoms with E-state index < -0.39 is 40.1 Å². The fraction of sp³-hybridized carbons (Fsp3) is 0.625. The average Bonchev–Trinajstić information content (AvgIpc) is 3.04. The van der Waals surface area contributed by atoms with Crippen molar-refractivity contribution in [2.75, 3.05) is 7.05 Å². The summed E-state index contributed by atoms with van der Waals surface area (Å²) in [4.78, 5) is 42.0. The minimum atomic E-state index is -1.39. The number of aliphatic hydroxyl groups excluding tert-OH is 1. The third kappa shape index (κ3) is 4.15. The first-order valence-corrected chi connectivity index (χ1v) is 12.3.